The van der Waals surface area contributed by atoms with Crippen molar-refractivity contribution in [3.63, 3.8) is 0 Å². The number of morpholine rings is 1. The molecular weight excluding hydrogens is 262 g/mol. The number of pyridine rings is 1. The molecule has 4 nitrogen and oxygen atoms in total. The monoisotopic (exact) mass is 291 g/mol. The second-order valence-corrected chi connectivity index (χ2v) is 6.93. The maximum absolute atomic E-state index is 5.58. The summed E-state index contributed by atoms with van der Waals surface area (Å²) in [6.07, 6.45) is 0. The minimum absolute atomic E-state index is 0.0891. The molecule has 1 aliphatic heterocycles. The minimum Gasteiger partial charge on any atom is -0.378 e. The summed E-state index contributed by atoms with van der Waals surface area (Å²) in [5.74, 6) is 0.669. The summed E-state index contributed by atoms with van der Waals surface area (Å²) in [7, 11) is 0. The Balaban J connectivity index is 1.94. The molecule has 1 aliphatic rings. The first-order valence-electron chi connectivity index (χ1n) is 7.96. The van der Waals surface area contributed by atoms with Gasteiger partial charge in [-0.2, -0.15) is 0 Å². The Hall–Kier alpha value is -0.970. The lowest BCUT2D eigenvalue weighted by Gasteiger charge is -2.41. The zero-order chi connectivity index (χ0) is 15.3. The van der Waals surface area contributed by atoms with Crippen molar-refractivity contribution in [2.75, 3.05) is 26.3 Å². The van der Waals surface area contributed by atoms with E-state index in [-0.39, 0.29) is 5.54 Å². The highest BCUT2D eigenvalue weighted by atomic mass is 16.5. The van der Waals surface area contributed by atoms with Crippen molar-refractivity contribution in [2.45, 2.75) is 46.3 Å². The summed E-state index contributed by atoms with van der Waals surface area (Å²) < 4.78 is 5.58. The van der Waals surface area contributed by atoms with E-state index in [4.69, 9.17) is 9.72 Å². The number of hydrogen-bond donors (Lipinski definition) is 1. The molecule has 118 valence electrons. The average molecular weight is 291 g/mol. The zero-order valence-corrected chi connectivity index (χ0v) is 13.9. The topological polar surface area (TPSA) is 37.4 Å². The van der Waals surface area contributed by atoms with Crippen LogP contribution in [0.4, 0.5) is 0 Å². The van der Waals surface area contributed by atoms with Crippen molar-refractivity contribution in [2.24, 2.45) is 5.92 Å². The number of rotatable bonds is 6. The lowest BCUT2D eigenvalue weighted by Crippen LogP contribution is -2.52. The van der Waals surface area contributed by atoms with Crippen LogP contribution in [-0.2, 0) is 17.8 Å². The molecule has 1 N–H and O–H groups in total. The molecule has 2 rings (SSSR count). The second-order valence-electron chi connectivity index (χ2n) is 6.93. The van der Waals surface area contributed by atoms with Crippen LogP contribution in [0.15, 0.2) is 18.2 Å². The zero-order valence-electron chi connectivity index (χ0n) is 13.9. The Kier molecular flexibility index (Phi) is 5.73. The largest absolute Gasteiger partial charge is 0.378 e. The molecular formula is C17H29N3O. The van der Waals surface area contributed by atoms with Crippen LogP contribution in [0, 0.1) is 5.92 Å². The van der Waals surface area contributed by atoms with E-state index in [2.05, 4.69) is 56.1 Å². The van der Waals surface area contributed by atoms with Crippen LogP contribution in [0.1, 0.15) is 39.1 Å². The number of nitrogens with zero attached hydrogens (tertiary/aromatic N) is 2. The van der Waals surface area contributed by atoms with E-state index in [1.54, 1.807) is 0 Å². The first-order chi connectivity index (χ1) is 9.97. The molecule has 0 aromatic carbocycles. The fraction of sp³-hybridized carbons (Fsp3) is 0.706. The van der Waals surface area contributed by atoms with Gasteiger partial charge in [-0.3, -0.25) is 9.88 Å². The van der Waals surface area contributed by atoms with Crippen molar-refractivity contribution < 1.29 is 4.74 Å². The summed E-state index contributed by atoms with van der Waals surface area (Å²) in [6.45, 7) is 14.3. The van der Waals surface area contributed by atoms with Crippen molar-refractivity contribution in [1.29, 1.82) is 0 Å². The van der Waals surface area contributed by atoms with Gasteiger partial charge in [-0.05, 0) is 38.4 Å². The van der Waals surface area contributed by atoms with E-state index < -0.39 is 0 Å². The van der Waals surface area contributed by atoms with E-state index >= 15 is 0 Å². The van der Waals surface area contributed by atoms with Gasteiger partial charge in [0, 0.05) is 25.2 Å². The van der Waals surface area contributed by atoms with Gasteiger partial charge >= 0.3 is 0 Å². The smallest absolute Gasteiger partial charge is 0.0645 e. The highest BCUT2D eigenvalue weighted by Crippen LogP contribution is 2.21. The maximum Gasteiger partial charge on any atom is 0.0645 e. The Morgan fingerprint density at radius 3 is 2.81 bits per heavy atom. The van der Waals surface area contributed by atoms with Gasteiger partial charge in [-0.1, -0.05) is 19.9 Å². The molecule has 0 atom stereocenters. The van der Waals surface area contributed by atoms with Crippen LogP contribution in [0.25, 0.3) is 0 Å². The molecule has 0 spiro atoms. The van der Waals surface area contributed by atoms with Crippen LogP contribution in [-0.4, -0.2) is 41.7 Å². The van der Waals surface area contributed by atoms with E-state index in [0.717, 1.165) is 50.8 Å². The molecule has 0 bridgehead atoms. The SMILES string of the molecule is CC(C)CNCc1cccc(CN2CCOCC2(C)C)n1. The summed E-state index contributed by atoms with van der Waals surface area (Å²) in [5.41, 5.74) is 2.36. The van der Waals surface area contributed by atoms with Gasteiger partial charge in [0.1, 0.15) is 0 Å². The number of ether oxygens (including phenoxy) is 1. The van der Waals surface area contributed by atoms with Crippen LogP contribution in [0.2, 0.25) is 0 Å². The van der Waals surface area contributed by atoms with Gasteiger partial charge in [-0.15, -0.1) is 0 Å². The van der Waals surface area contributed by atoms with Crippen LogP contribution in [0.5, 0.6) is 0 Å². The molecule has 1 saturated heterocycles. The quantitative estimate of drug-likeness (QED) is 0.873. The van der Waals surface area contributed by atoms with Gasteiger partial charge in [0.25, 0.3) is 0 Å². The van der Waals surface area contributed by atoms with E-state index in [9.17, 15) is 0 Å². The molecule has 21 heavy (non-hydrogen) atoms. The predicted molar refractivity (Wildman–Crippen MR) is 86.1 cm³/mol. The van der Waals surface area contributed by atoms with Crippen molar-refractivity contribution in [3.8, 4) is 0 Å². The van der Waals surface area contributed by atoms with Gasteiger partial charge in [0.15, 0.2) is 0 Å². The fourth-order valence-electron chi connectivity index (χ4n) is 2.58. The Labute approximate surface area is 128 Å². The molecule has 1 aromatic rings. The van der Waals surface area contributed by atoms with E-state index in [0.29, 0.717) is 5.92 Å². The van der Waals surface area contributed by atoms with E-state index in [1.165, 1.54) is 0 Å². The second kappa shape index (κ2) is 7.34. The first kappa shape index (κ1) is 16.4. The number of hydrogen-bond acceptors (Lipinski definition) is 4. The molecule has 0 unspecified atom stereocenters. The average Bonchev–Trinajstić information content (AvgIpc) is 2.41. The van der Waals surface area contributed by atoms with Gasteiger partial charge in [0.05, 0.1) is 24.6 Å². The van der Waals surface area contributed by atoms with Gasteiger partial charge in [-0.25, -0.2) is 0 Å². The molecule has 4 heteroatoms. The van der Waals surface area contributed by atoms with Crippen LogP contribution >= 0.6 is 0 Å². The standard InChI is InChI=1S/C17H29N3O/c1-14(2)10-18-11-15-6-5-7-16(19-15)12-20-8-9-21-13-17(20,3)4/h5-7,14,18H,8-13H2,1-4H3. The normalized spacial score (nSPS) is 19.1. The minimum atomic E-state index is 0.0891. The third-order valence-corrected chi connectivity index (χ3v) is 3.89. The Morgan fingerprint density at radius 2 is 2.10 bits per heavy atom. The predicted octanol–water partition coefficient (Wildman–Crippen LogP) is 2.44. The Morgan fingerprint density at radius 1 is 1.33 bits per heavy atom. The molecule has 0 amide bonds. The summed E-state index contributed by atoms with van der Waals surface area (Å²) in [5, 5.41) is 3.45. The molecule has 0 saturated carbocycles. The molecule has 1 aromatic heterocycles. The van der Waals surface area contributed by atoms with E-state index in [1.807, 2.05) is 0 Å². The van der Waals surface area contributed by atoms with Crippen LogP contribution < -0.4 is 5.32 Å². The fourth-order valence-corrected chi connectivity index (χ4v) is 2.58. The summed E-state index contributed by atoms with van der Waals surface area (Å²) >= 11 is 0. The lowest BCUT2D eigenvalue weighted by atomic mass is 10.0. The van der Waals surface area contributed by atoms with Crippen LogP contribution in [0.3, 0.4) is 0 Å². The molecule has 0 aliphatic carbocycles. The third-order valence-electron chi connectivity index (χ3n) is 3.89. The first-order valence-corrected chi connectivity index (χ1v) is 7.96. The highest BCUT2D eigenvalue weighted by Gasteiger charge is 2.30. The third kappa shape index (κ3) is 5.06. The van der Waals surface area contributed by atoms with Crippen molar-refractivity contribution in [3.05, 3.63) is 29.6 Å². The highest BCUT2D eigenvalue weighted by molar-refractivity contribution is 5.11. The molecule has 1 fully saturated rings. The Bertz CT molecular complexity index is 445. The van der Waals surface area contributed by atoms with Crippen molar-refractivity contribution in [1.82, 2.24) is 15.2 Å². The van der Waals surface area contributed by atoms with Gasteiger partial charge < -0.3 is 10.1 Å². The molecule has 2 heterocycles. The van der Waals surface area contributed by atoms with Crippen molar-refractivity contribution >= 4 is 0 Å². The summed E-state index contributed by atoms with van der Waals surface area (Å²) in [6, 6.07) is 6.33. The summed E-state index contributed by atoms with van der Waals surface area (Å²) in [4.78, 5) is 7.25. The number of nitrogens with one attached hydrogen (secondary N) is 1. The lowest BCUT2D eigenvalue weighted by molar-refractivity contribution is -0.0558. The maximum atomic E-state index is 5.58. The number of aromatic nitrogens is 1. The van der Waals surface area contributed by atoms with Gasteiger partial charge in [0.2, 0.25) is 0 Å². The molecule has 0 radical (unpaired) electrons.